The van der Waals surface area contributed by atoms with Crippen molar-refractivity contribution in [1.29, 1.82) is 0 Å². The Morgan fingerprint density at radius 2 is 1.67 bits per heavy atom. The normalized spacial score (nSPS) is 26.3. The van der Waals surface area contributed by atoms with Crippen LogP contribution in [0.15, 0.2) is 24.3 Å². The second-order valence-electron chi connectivity index (χ2n) is 4.32. The van der Waals surface area contributed by atoms with Gasteiger partial charge in [-0.1, -0.05) is 12.1 Å². The van der Waals surface area contributed by atoms with Crippen LogP contribution >= 0.6 is 0 Å². The summed E-state index contributed by atoms with van der Waals surface area (Å²) < 4.78 is 5.14. The molecular weight excluding hydrogens is 186 g/mol. The molecule has 1 aliphatic rings. The van der Waals surface area contributed by atoms with Gasteiger partial charge >= 0.3 is 0 Å². The summed E-state index contributed by atoms with van der Waals surface area (Å²) in [5.41, 5.74) is 9.07. The van der Waals surface area contributed by atoms with Crippen LogP contribution in [-0.2, 0) is 0 Å². The Balaban J connectivity index is 2.03. The van der Waals surface area contributed by atoms with E-state index in [1.165, 1.54) is 18.4 Å². The molecule has 1 aromatic rings. The maximum absolute atomic E-state index is 7.67. The SMILES string of the molecule is COc1ccc(C2CCC([NH])CC2)cc1. The van der Waals surface area contributed by atoms with E-state index in [4.69, 9.17) is 10.5 Å². The van der Waals surface area contributed by atoms with Crippen LogP contribution in [0.25, 0.3) is 0 Å². The van der Waals surface area contributed by atoms with Crippen LogP contribution in [0.3, 0.4) is 0 Å². The second kappa shape index (κ2) is 4.67. The number of benzene rings is 1. The molecule has 0 spiro atoms. The number of hydrogen-bond acceptors (Lipinski definition) is 1. The maximum atomic E-state index is 7.67. The molecule has 0 atom stereocenters. The van der Waals surface area contributed by atoms with E-state index >= 15 is 0 Å². The molecule has 15 heavy (non-hydrogen) atoms. The van der Waals surface area contributed by atoms with Crippen molar-refractivity contribution in [1.82, 2.24) is 5.73 Å². The minimum Gasteiger partial charge on any atom is -0.497 e. The lowest BCUT2D eigenvalue weighted by Crippen LogP contribution is -2.18. The first kappa shape index (κ1) is 10.5. The summed E-state index contributed by atoms with van der Waals surface area (Å²) in [5, 5.41) is 0. The summed E-state index contributed by atoms with van der Waals surface area (Å²) >= 11 is 0. The van der Waals surface area contributed by atoms with Gasteiger partial charge in [0.2, 0.25) is 0 Å². The molecule has 1 aliphatic carbocycles. The molecule has 0 amide bonds. The Bertz CT molecular complexity index is 299. The number of rotatable bonds is 2. The fourth-order valence-electron chi connectivity index (χ4n) is 2.30. The Labute approximate surface area is 91.4 Å². The Morgan fingerprint density at radius 1 is 1.07 bits per heavy atom. The number of methoxy groups -OCH3 is 1. The number of ether oxygens (including phenoxy) is 1. The highest BCUT2D eigenvalue weighted by atomic mass is 16.5. The van der Waals surface area contributed by atoms with Crippen LogP contribution < -0.4 is 10.5 Å². The molecule has 0 heterocycles. The third-order valence-corrected chi connectivity index (χ3v) is 3.31. The van der Waals surface area contributed by atoms with Gasteiger partial charge in [-0.05, 0) is 49.3 Å². The zero-order valence-electron chi connectivity index (χ0n) is 9.20. The molecule has 1 fully saturated rings. The van der Waals surface area contributed by atoms with Crippen LogP contribution in [0.2, 0.25) is 0 Å². The summed E-state index contributed by atoms with van der Waals surface area (Å²) in [4.78, 5) is 0. The summed E-state index contributed by atoms with van der Waals surface area (Å²) in [7, 11) is 1.69. The van der Waals surface area contributed by atoms with Crippen LogP contribution in [0.5, 0.6) is 5.75 Å². The molecule has 81 valence electrons. The van der Waals surface area contributed by atoms with Gasteiger partial charge in [0, 0.05) is 6.04 Å². The third kappa shape index (κ3) is 2.51. The highest BCUT2D eigenvalue weighted by molar-refractivity contribution is 5.29. The highest BCUT2D eigenvalue weighted by Crippen LogP contribution is 2.33. The van der Waals surface area contributed by atoms with Gasteiger partial charge in [0.15, 0.2) is 0 Å². The topological polar surface area (TPSA) is 33.0 Å². The largest absolute Gasteiger partial charge is 0.497 e. The average Bonchev–Trinajstić information content (AvgIpc) is 2.30. The van der Waals surface area contributed by atoms with Crippen molar-refractivity contribution in [3.8, 4) is 5.75 Å². The van der Waals surface area contributed by atoms with Gasteiger partial charge in [-0.15, -0.1) is 0 Å². The van der Waals surface area contributed by atoms with Crippen LogP contribution in [0.4, 0.5) is 0 Å². The molecular formula is C13H18NO. The van der Waals surface area contributed by atoms with E-state index in [9.17, 15) is 0 Å². The van der Waals surface area contributed by atoms with Crippen molar-refractivity contribution in [3.63, 3.8) is 0 Å². The predicted octanol–water partition coefficient (Wildman–Crippen LogP) is 3.00. The minimum atomic E-state index is 0.180. The monoisotopic (exact) mass is 204 g/mol. The molecule has 0 unspecified atom stereocenters. The molecule has 0 bridgehead atoms. The summed E-state index contributed by atoms with van der Waals surface area (Å²) in [5.74, 6) is 1.59. The van der Waals surface area contributed by atoms with Crippen LogP contribution in [0, 0.1) is 0 Å². The fraction of sp³-hybridized carbons (Fsp3) is 0.538. The van der Waals surface area contributed by atoms with Crippen molar-refractivity contribution in [2.45, 2.75) is 37.6 Å². The molecule has 2 rings (SSSR count). The van der Waals surface area contributed by atoms with Gasteiger partial charge in [-0.2, -0.15) is 0 Å². The van der Waals surface area contributed by atoms with Gasteiger partial charge in [-0.3, -0.25) is 5.73 Å². The van der Waals surface area contributed by atoms with E-state index in [2.05, 4.69) is 12.1 Å². The second-order valence-corrected chi connectivity index (χ2v) is 4.32. The predicted molar refractivity (Wildman–Crippen MR) is 61.1 cm³/mol. The quantitative estimate of drug-likeness (QED) is 0.729. The van der Waals surface area contributed by atoms with Crippen molar-refractivity contribution in [3.05, 3.63) is 29.8 Å². The maximum Gasteiger partial charge on any atom is 0.118 e. The lowest BCUT2D eigenvalue weighted by Gasteiger charge is -2.25. The standard InChI is InChI=1S/C13H18NO/c1-15-13-8-4-11(5-9-13)10-2-6-12(14)7-3-10/h4-5,8-10,12,14H,2-3,6-7H2,1H3. The Hall–Kier alpha value is -1.02. The first-order chi connectivity index (χ1) is 7.29. The molecule has 2 heteroatoms. The minimum absolute atomic E-state index is 0.180. The van der Waals surface area contributed by atoms with Crippen molar-refractivity contribution in [2.24, 2.45) is 0 Å². The summed E-state index contributed by atoms with van der Waals surface area (Å²) in [6.07, 6.45) is 4.44. The molecule has 1 saturated carbocycles. The lowest BCUT2D eigenvalue weighted by atomic mass is 9.82. The van der Waals surface area contributed by atoms with E-state index in [-0.39, 0.29) is 6.04 Å². The average molecular weight is 204 g/mol. The van der Waals surface area contributed by atoms with E-state index in [1.807, 2.05) is 12.1 Å². The zero-order valence-corrected chi connectivity index (χ0v) is 9.20. The molecule has 1 aromatic carbocycles. The van der Waals surface area contributed by atoms with Gasteiger partial charge in [-0.25, -0.2) is 0 Å². The van der Waals surface area contributed by atoms with Gasteiger partial charge in [0.1, 0.15) is 5.75 Å². The highest BCUT2D eigenvalue weighted by Gasteiger charge is 2.20. The van der Waals surface area contributed by atoms with Crippen molar-refractivity contribution in [2.75, 3.05) is 7.11 Å². The zero-order chi connectivity index (χ0) is 10.7. The summed E-state index contributed by atoms with van der Waals surface area (Å²) in [6.45, 7) is 0. The third-order valence-electron chi connectivity index (χ3n) is 3.31. The molecule has 1 N–H and O–H groups in total. The smallest absolute Gasteiger partial charge is 0.118 e. The molecule has 2 nitrogen and oxygen atoms in total. The van der Waals surface area contributed by atoms with E-state index < -0.39 is 0 Å². The number of hydrogen-bond donors (Lipinski definition) is 0. The first-order valence-electron chi connectivity index (χ1n) is 5.64. The number of nitrogens with one attached hydrogen (secondary N) is 1. The lowest BCUT2D eigenvalue weighted by molar-refractivity contribution is 0.387. The fourth-order valence-corrected chi connectivity index (χ4v) is 2.30. The molecule has 0 saturated heterocycles. The first-order valence-corrected chi connectivity index (χ1v) is 5.64. The van der Waals surface area contributed by atoms with Gasteiger partial charge < -0.3 is 4.74 Å². The van der Waals surface area contributed by atoms with Gasteiger partial charge in [0.05, 0.1) is 7.11 Å². The van der Waals surface area contributed by atoms with Crippen molar-refractivity contribution >= 4 is 0 Å². The Kier molecular flexibility index (Phi) is 3.27. The molecule has 0 aromatic heterocycles. The van der Waals surface area contributed by atoms with E-state index in [0.717, 1.165) is 18.6 Å². The summed E-state index contributed by atoms with van der Waals surface area (Å²) in [6, 6.07) is 8.56. The van der Waals surface area contributed by atoms with Crippen LogP contribution in [-0.4, -0.2) is 13.2 Å². The van der Waals surface area contributed by atoms with E-state index in [1.54, 1.807) is 7.11 Å². The van der Waals surface area contributed by atoms with Crippen molar-refractivity contribution < 1.29 is 4.74 Å². The molecule has 1 radical (unpaired) electrons. The Morgan fingerprint density at radius 3 is 2.20 bits per heavy atom. The van der Waals surface area contributed by atoms with Gasteiger partial charge in [0.25, 0.3) is 0 Å². The molecule has 0 aliphatic heterocycles. The van der Waals surface area contributed by atoms with Crippen LogP contribution in [0.1, 0.15) is 37.2 Å². The van der Waals surface area contributed by atoms with E-state index in [0.29, 0.717) is 5.92 Å².